The quantitative estimate of drug-likeness (QED) is 0.826. The maximum absolute atomic E-state index is 12.6. The van der Waals surface area contributed by atoms with E-state index in [0.717, 1.165) is 12.8 Å². The van der Waals surface area contributed by atoms with Crippen molar-refractivity contribution >= 4 is 5.82 Å². The summed E-state index contributed by atoms with van der Waals surface area (Å²) in [6, 6.07) is 3.72. The highest BCUT2D eigenvalue weighted by molar-refractivity contribution is 5.64. The van der Waals surface area contributed by atoms with Crippen molar-refractivity contribution in [2.24, 2.45) is 11.8 Å². The molecule has 2 fully saturated rings. The van der Waals surface area contributed by atoms with Crippen LogP contribution in [-0.4, -0.2) is 34.6 Å². The minimum absolute atomic E-state index is 0.0649. The van der Waals surface area contributed by atoms with Crippen LogP contribution in [0.4, 0.5) is 14.6 Å². The van der Waals surface area contributed by atoms with Crippen LogP contribution in [0.2, 0.25) is 0 Å². The van der Waals surface area contributed by atoms with E-state index >= 15 is 0 Å². The smallest absolute Gasteiger partial charge is 0.387 e. The number of nitrogen functional groups attached to an aromatic ring is 1. The molecule has 146 valence electrons. The first-order chi connectivity index (χ1) is 12.9. The highest BCUT2D eigenvalue weighted by Gasteiger charge is 2.58. The predicted molar refractivity (Wildman–Crippen MR) is 96.6 cm³/mol. The van der Waals surface area contributed by atoms with Gasteiger partial charge in [-0.15, -0.1) is 0 Å². The highest BCUT2D eigenvalue weighted by atomic mass is 19.3. The summed E-state index contributed by atoms with van der Waals surface area (Å²) >= 11 is 0. The maximum atomic E-state index is 12.6. The zero-order chi connectivity index (χ0) is 19.3. The van der Waals surface area contributed by atoms with Crippen molar-refractivity contribution in [3.63, 3.8) is 0 Å². The molecule has 0 bridgehead atoms. The summed E-state index contributed by atoms with van der Waals surface area (Å²) in [4.78, 5) is 3.98. The number of anilines is 1. The van der Waals surface area contributed by atoms with Crippen molar-refractivity contribution in [1.82, 2.24) is 14.8 Å². The molecule has 6 nitrogen and oxygen atoms in total. The van der Waals surface area contributed by atoms with Gasteiger partial charge in [-0.1, -0.05) is 0 Å². The Balaban J connectivity index is 1.64. The predicted octanol–water partition coefficient (Wildman–Crippen LogP) is 3.85. The normalized spacial score (nSPS) is 26.6. The summed E-state index contributed by atoms with van der Waals surface area (Å²) in [5.41, 5.74) is 8.14. The number of rotatable bonds is 6. The first-order valence-corrected chi connectivity index (χ1v) is 9.22. The number of methoxy groups -OCH3 is 1. The fraction of sp³-hybridized carbons (Fsp3) is 0.579. The molecule has 2 N–H and O–H groups in total. The van der Waals surface area contributed by atoms with Crippen LogP contribution in [0.5, 0.6) is 5.75 Å². The number of hydrogen-bond donors (Lipinski definition) is 1. The van der Waals surface area contributed by atoms with Crippen LogP contribution in [0.1, 0.15) is 44.3 Å². The molecule has 0 radical (unpaired) electrons. The average molecular weight is 378 g/mol. The molecule has 2 aromatic heterocycles. The van der Waals surface area contributed by atoms with Gasteiger partial charge < -0.3 is 15.2 Å². The minimum atomic E-state index is -2.95. The second-order valence-corrected chi connectivity index (χ2v) is 7.66. The van der Waals surface area contributed by atoms with E-state index in [1.165, 1.54) is 11.8 Å². The van der Waals surface area contributed by atoms with Gasteiger partial charge >= 0.3 is 6.61 Å². The van der Waals surface area contributed by atoms with Crippen LogP contribution in [-0.2, 0) is 4.74 Å². The van der Waals surface area contributed by atoms with Gasteiger partial charge in [-0.3, -0.25) is 4.68 Å². The number of alkyl halides is 2. The molecule has 0 aliphatic heterocycles. The van der Waals surface area contributed by atoms with Gasteiger partial charge in [-0.05, 0) is 50.7 Å². The third-order valence-corrected chi connectivity index (χ3v) is 5.72. The Labute approximate surface area is 156 Å². The molecule has 0 spiro atoms. The Morgan fingerprint density at radius 2 is 1.93 bits per heavy atom. The van der Waals surface area contributed by atoms with Crippen LogP contribution in [0.3, 0.4) is 0 Å². The fourth-order valence-electron chi connectivity index (χ4n) is 4.42. The van der Waals surface area contributed by atoms with E-state index in [1.807, 2.05) is 10.7 Å². The number of ether oxygens (including phenoxy) is 2. The van der Waals surface area contributed by atoms with Gasteiger partial charge in [-0.2, -0.15) is 13.9 Å². The molecule has 27 heavy (non-hydrogen) atoms. The van der Waals surface area contributed by atoms with Crippen molar-refractivity contribution in [3.8, 4) is 17.0 Å². The molecule has 4 atom stereocenters. The molecular formula is C19H24F2N4O2. The van der Waals surface area contributed by atoms with Gasteiger partial charge in [0, 0.05) is 36.5 Å². The molecule has 0 aromatic carbocycles. The van der Waals surface area contributed by atoms with E-state index < -0.39 is 6.61 Å². The Hall–Kier alpha value is -2.22. The average Bonchev–Trinajstić information content (AvgIpc) is 3.01. The Morgan fingerprint density at radius 3 is 2.52 bits per heavy atom. The molecule has 0 saturated heterocycles. The highest BCUT2D eigenvalue weighted by Crippen LogP contribution is 2.63. The molecule has 8 heteroatoms. The number of aromatic nitrogens is 3. The van der Waals surface area contributed by atoms with E-state index in [1.54, 1.807) is 13.3 Å². The van der Waals surface area contributed by atoms with Gasteiger partial charge in [0.1, 0.15) is 0 Å². The van der Waals surface area contributed by atoms with E-state index in [9.17, 15) is 8.78 Å². The summed E-state index contributed by atoms with van der Waals surface area (Å²) < 4.78 is 37.1. The Bertz CT molecular complexity index is 827. The van der Waals surface area contributed by atoms with Gasteiger partial charge in [0.15, 0.2) is 11.6 Å². The number of nitrogens with zero attached hydrogens (tertiary/aromatic N) is 3. The maximum Gasteiger partial charge on any atom is 0.387 e. The van der Waals surface area contributed by atoms with Gasteiger partial charge in [0.2, 0.25) is 0 Å². The van der Waals surface area contributed by atoms with Gasteiger partial charge in [-0.25, -0.2) is 4.98 Å². The standard InChI is InChI=1S/C19H24F2N4O2/c1-9(2)25-15(17-12-5-11(26-3)6-13(12)17)7-14(24-25)10-4-16(27-19(20)21)18(22)23-8-10/h4,7-9,11-13,17,19H,5-6H2,1-3H3,(H2,22,23)/t11-,12-,13+,17-. The number of halogens is 2. The summed E-state index contributed by atoms with van der Waals surface area (Å²) in [5, 5.41) is 4.72. The van der Waals surface area contributed by atoms with Crippen LogP contribution >= 0.6 is 0 Å². The van der Waals surface area contributed by atoms with E-state index in [-0.39, 0.29) is 17.6 Å². The van der Waals surface area contributed by atoms with Crippen molar-refractivity contribution < 1.29 is 18.3 Å². The summed E-state index contributed by atoms with van der Waals surface area (Å²) in [5.74, 6) is 1.57. The molecule has 0 unspecified atom stereocenters. The number of nitrogens with two attached hydrogens (primary N) is 1. The molecule has 2 aromatic rings. The molecule has 2 aliphatic carbocycles. The second kappa shape index (κ2) is 6.74. The van der Waals surface area contributed by atoms with Gasteiger partial charge in [0.05, 0.1) is 11.8 Å². The third kappa shape index (κ3) is 3.26. The van der Waals surface area contributed by atoms with Crippen LogP contribution < -0.4 is 10.5 Å². The number of fused-ring (bicyclic) bond motifs is 1. The lowest BCUT2D eigenvalue weighted by Crippen LogP contribution is -2.12. The lowest BCUT2D eigenvalue weighted by Gasteiger charge is -2.15. The summed E-state index contributed by atoms with van der Waals surface area (Å²) in [6.07, 6.45) is 4.07. The number of hydrogen-bond acceptors (Lipinski definition) is 5. The molecule has 2 aliphatic rings. The van der Waals surface area contributed by atoms with Crippen LogP contribution in [0.15, 0.2) is 18.3 Å². The molecule has 0 amide bonds. The van der Waals surface area contributed by atoms with Crippen LogP contribution in [0, 0.1) is 11.8 Å². The van der Waals surface area contributed by atoms with E-state index in [4.69, 9.17) is 15.6 Å². The first kappa shape index (κ1) is 18.2. The van der Waals surface area contributed by atoms with E-state index in [0.29, 0.717) is 35.1 Å². The largest absolute Gasteiger partial charge is 0.431 e. The minimum Gasteiger partial charge on any atom is -0.431 e. The van der Waals surface area contributed by atoms with Crippen molar-refractivity contribution in [1.29, 1.82) is 0 Å². The zero-order valence-corrected chi connectivity index (χ0v) is 15.6. The topological polar surface area (TPSA) is 75.2 Å². The molecular weight excluding hydrogens is 354 g/mol. The van der Waals surface area contributed by atoms with Crippen molar-refractivity contribution in [3.05, 3.63) is 24.0 Å². The Kier molecular flexibility index (Phi) is 4.53. The lowest BCUT2D eigenvalue weighted by molar-refractivity contribution is -0.0494. The summed E-state index contributed by atoms with van der Waals surface area (Å²) in [7, 11) is 1.77. The van der Waals surface area contributed by atoms with Crippen molar-refractivity contribution in [2.45, 2.75) is 51.4 Å². The monoisotopic (exact) mass is 378 g/mol. The third-order valence-electron chi connectivity index (χ3n) is 5.72. The summed E-state index contributed by atoms with van der Waals surface area (Å²) in [6.45, 7) is 1.22. The van der Waals surface area contributed by atoms with Gasteiger partial charge in [0.25, 0.3) is 0 Å². The first-order valence-electron chi connectivity index (χ1n) is 9.22. The zero-order valence-electron chi connectivity index (χ0n) is 15.6. The SMILES string of the molecule is CO[C@@H]1C[C@@H]2[C@H](C1)[C@@H]2c1cc(-c2cnc(N)c(OC(F)F)c2)nn1C(C)C. The second-order valence-electron chi connectivity index (χ2n) is 7.66. The van der Waals surface area contributed by atoms with Crippen molar-refractivity contribution in [2.75, 3.05) is 12.8 Å². The van der Waals surface area contributed by atoms with Crippen LogP contribution in [0.25, 0.3) is 11.3 Å². The number of pyridine rings is 1. The fourth-order valence-corrected chi connectivity index (χ4v) is 4.42. The Morgan fingerprint density at radius 1 is 1.22 bits per heavy atom. The molecule has 2 saturated carbocycles. The molecule has 4 rings (SSSR count). The lowest BCUT2D eigenvalue weighted by atomic mass is 10.1. The molecule has 2 heterocycles. The van der Waals surface area contributed by atoms with E-state index in [2.05, 4.69) is 23.6 Å².